The van der Waals surface area contributed by atoms with Crippen LogP contribution in [0, 0.1) is 6.92 Å². The van der Waals surface area contributed by atoms with Crippen LogP contribution in [-0.4, -0.2) is 36.3 Å². The number of aromatic nitrogens is 2. The van der Waals surface area contributed by atoms with Crippen LogP contribution < -0.4 is 16.4 Å². The van der Waals surface area contributed by atoms with Crippen LogP contribution in [0.5, 0.6) is 0 Å². The van der Waals surface area contributed by atoms with Crippen LogP contribution in [0.25, 0.3) is 10.8 Å². The highest BCUT2D eigenvalue weighted by atomic mass is 32.2. The number of nitrogens with zero attached hydrogens (tertiary/aromatic N) is 2. The average Bonchev–Trinajstić information content (AvgIpc) is 2.73. The van der Waals surface area contributed by atoms with Crippen molar-refractivity contribution in [3.63, 3.8) is 0 Å². The molecule has 0 saturated carbocycles. The molecule has 0 bridgehead atoms. The number of rotatable bonds is 5. The highest BCUT2D eigenvalue weighted by Crippen LogP contribution is 2.16. The third-order valence-corrected chi connectivity index (χ3v) is 5.80. The third-order valence-electron chi connectivity index (χ3n) is 4.69. The molecule has 31 heavy (non-hydrogen) atoms. The average molecular weight is 442 g/mol. The van der Waals surface area contributed by atoms with E-state index in [0.717, 1.165) is 6.26 Å². The Hall–Kier alpha value is -3.53. The SMILES string of the molecule is CCCn1nc(C(=O)NNC(=O)c2cc(S(C)(=O)=O)ccc2C)c2ccccc2c1=O. The van der Waals surface area contributed by atoms with Gasteiger partial charge in [0.15, 0.2) is 15.5 Å². The van der Waals surface area contributed by atoms with Gasteiger partial charge < -0.3 is 0 Å². The lowest BCUT2D eigenvalue weighted by molar-refractivity contribution is 0.0843. The van der Waals surface area contributed by atoms with E-state index in [1.165, 1.54) is 22.9 Å². The van der Waals surface area contributed by atoms with Crippen molar-refractivity contribution >= 4 is 32.4 Å². The zero-order valence-electron chi connectivity index (χ0n) is 17.3. The van der Waals surface area contributed by atoms with Crippen LogP contribution in [-0.2, 0) is 16.4 Å². The van der Waals surface area contributed by atoms with Gasteiger partial charge in [0, 0.05) is 23.8 Å². The van der Waals surface area contributed by atoms with E-state index in [2.05, 4.69) is 16.0 Å². The fourth-order valence-corrected chi connectivity index (χ4v) is 3.73. The number of fused-ring (bicyclic) bond motifs is 1. The maximum atomic E-state index is 12.8. The first-order valence-corrected chi connectivity index (χ1v) is 11.4. The van der Waals surface area contributed by atoms with Crippen molar-refractivity contribution in [3.05, 3.63) is 69.6 Å². The number of hydrazine groups is 1. The van der Waals surface area contributed by atoms with Crippen molar-refractivity contribution in [2.75, 3.05) is 6.26 Å². The molecule has 162 valence electrons. The van der Waals surface area contributed by atoms with E-state index < -0.39 is 21.7 Å². The molecule has 0 aliphatic rings. The minimum atomic E-state index is -3.50. The Labute approximate surface area is 179 Å². The number of amides is 2. The van der Waals surface area contributed by atoms with Gasteiger partial charge in [-0.2, -0.15) is 5.10 Å². The fraction of sp³-hybridized carbons (Fsp3) is 0.238. The number of carbonyl (C=O) groups is 2. The lowest BCUT2D eigenvalue weighted by Gasteiger charge is -2.12. The molecule has 1 heterocycles. The van der Waals surface area contributed by atoms with Gasteiger partial charge in [-0.05, 0) is 37.1 Å². The van der Waals surface area contributed by atoms with Crippen LogP contribution in [0.1, 0.15) is 39.8 Å². The number of sulfone groups is 1. The largest absolute Gasteiger partial charge is 0.290 e. The first-order chi connectivity index (χ1) is 14.6. The third kappa shape index (κ3) is 4.64. The number of carbonyl (C=O) groups excluding carboxylic acids is 2. The first kappa shape index (κ1) is 22.2. The van der Waals surface area contributed by atoms with Gasteiger partial charge in [-0.25, -0.2) is 13.1 Å². The molecule has 0 saturated heterocycles. The van der Waals surface area contributed by atoms with Crippen LogP contribution in [0.3, 0.4) is 0 Å². The Bertz CT molecular complexity index is 1350. The highest BCUT2D eigenvalue weighted by molar-refractivity contribution is 7.90. The van der Waals surface area contributed by atoms with Crippen molar-refractivity contribution in [2.24, 2.45) is 0 Å². The Morgan fingerprint density at radius 3 is 2.32 bits per heavy atom. The summed E-state index contributed by atoms with van der Waals surface area (Å²) in [6, 6.07) is 10.8. The van der Waals surface area contributed by atoms with Gasteiger partial charge in [0.1, 0.15) is 0 Å². The van der Waals surface area contributed by atoms with Crippen LogP contribution in [0.2, 0.25) is 0 Å². The second kappa shape index (κ2) is 8.68. The van der Waals surface area contributed by atoms with Gasteiger partial charge in [-0.3, -0.25) is 25.2 Å². The number of benzene rings is 2. The first-order valence-electron chi connectivity index (χ1n) is 9.54. The summed E-state index contributed by atoms with van der Waals surface area (Å²) in [4.78, 5) is 37.9. The van der Waals surface area contributed by atoms with E-state index >= 15 is 0 Å². The van der Waals surface area contributed by atoms with E-state index in [0.29, 0.717) is 29.3 Å². The monoisotopic (exact) mass is 442 g/mol. The van der Waals surface area contributed by atoms with Gasteiger partial charge in [0.25, 0.3) is 17.4 Å². The smallest absolute Gasteiger partial charge is 0.267 e. The Morgan fingerprint density at radius 2 is 1.68 bits per heavy atom. The second-order valence-corrected chi connectivity index (χ2v) is 9.10. The molecule has 0 aliphatic heterocycles. The molecule has 0 atom stereocenters. The van der Waals surface area contributed by atoms with E-state index in [-0.39, 0.29) is 21.7 Å². The molecule has 1 aromatic heterocycles. The molecule has 3 rings (SSSR count). The van der Waals surface area contributed by atoms with Gasteiger partial charge in [0.2, 0.25) is 0 Å². The summed E-state index contributed by atoms with van der Waals surface area (Å²) < 4.78 is 24.8. The fourth-order valence-electron chi connectivity index (χ4n) is 3.08. The van der Waals surface area contributed by atoms with Crippen LogP contribution in [0.15, 0.2) is 52.2 Å². The predicted octanol–water partition coefficient (Wildman–Crippen LogP) is 1.59. The molecule has 2 aromatic carbocycles. The second-order valence-electron chi connectivity index (χ2n) is 7.08. The molecule has 0 unspecified atom stereocenters. The maximum absolute atomic E-state index is 12.8. The molecule has 10 heteroatoms. The van der Waals surface area contributed by atoms with Crippen molar-refractivity contribution in [2.45, 2.75) is 31.7 Å². The Balaban J connectivity index is 1.90. The van der Waals surface area contributed by atoms with Crippen LogP contribution >= 0.6 is 0 Å². The molecule has 0 fully saturated rings. The van der Waals surface area contributed by atoms with E-state index in [4.69, 9.17) is 0 Å². The quantitative estimate of drug-likeness (QED) is 0.578. The Kier molecular flexibility index (Phi) is 6.21. The van der Waals surface area contributed by atoms with Gasteiger partial charge in [0.05, 0.1) is 10.3 Å². The highest BCUT2D eigenvalue weighted by Gasteiger charge is 2.19. The minimum Gasteiger partial charge on any atom is -0.267 e. The summed E-state index contributed by atoms with van der Waals surface area (Å²) in [5.41, 5.74) is 4.93. The normalized spacial score (nSPS) is 11.3. The molecule has 0 aliphatic carbocycles. The molecular weight excluding hydrogens is 420 g/mol. The summed E-state index contributed by atoms with van der Waals surface area (Å²) in [6.45, 7) is 3.88. The predicted molar refractivity (Wildman–Crippen MR) is 116 cm³/mol. The summed E-state index contributed by atoms with van der Waals surface area (Å²) in [7, 11) is -3.50. The molecule has 3 aromatic rings. The molecule has 2 amide bonds. The van der Waals surface area contributed by atoms with Crippen molar-refractivity contribution in [1.29, 1.82) is 0 Å². The van der Waals surface area contributed by atoms with Gasteiger partial charge in [-0.15, -0.1) is 0 Å². The summed E-state index contributed by atoms with van der Waals surface area (Å²) in [5.74, 6) is -1.38. The van der Waals surface area contributed by atoms with Gasteiger partial charge in [-0.1, -0.05) is 31.2 Å². The van der Waals surface area contributed by atoms with Crippen LogP contribution in [0.4, 0.5) is 0 Å². The number of aryl methyl sites for hydroxylation is 2. The van der Waals surface area contributed by atoms with Crippen molar-refractivity contribution in [1.82, 2.24) is 20.6 Å². The molecule has 9 nitrogen and oxygen atoms in total. The standard InChI is InChI=1S/C21H22N4O5S/c1-4-11-25-21(28)16-8-6-5-7-15(16)18(24-25)20(27)23-22-19(26)17-12-14(31(3,29)30)10-9-13(17)2/h5-10,12H,4,11H2,1-3H3,(H,22,26)(H,23,27). The van der Waals surface area contributed by atoms with E-state index in [1.807, 2.05) is 6.92 Å². The van der Waals surface area contributed by atoms with E-state index in [9.17, 15) is 22.8 Å². The number of nitrogens with one attached hydrogen (secondary N) is 2. The van der Waals surface area contributed by atoms with E-state index in [1.54, 1.807) is 31.2 Å². The number of hydrogen-bond acceptors (Lipinski definition) is 6. The summed E-state index contributed by atoms with van der Waals surface area (Å²) in [6.07, 6.45) is 1.70. The molecule has 2 N–H and O–H groups in total. The lowest BCUT2D eigenvalue weighted by atomic mass is 10.1. The maximum Gasteiger partial charge on any atom is 0.290 e. The van der Waals surface area contributed by atoms with Gasteiger partial charge >= 0.3 is 0 Å². The zero-order chi connectivity index (χ0) is 22.8. The Morgan fingerprint density at radius 1 is 1.03 bits per heavy atom. The molecular formula is C21H22N4O5S. The topological polar surface area (TPSA) is 127 Å². The lowest BCUT2D eigenvalue weighted by Crippen LogP contribution is -2.43. The minimum absolute atomic E-state index is 0.00567. The molecule has 0 spiro atoms. The van der Waals surface area contributed by atoms with Crippen molar-refractivity contribution in [3.8, 4) is 0 Å². The van der Waals surface area contributed by atoms with Crippen molar-refractivity contribution < 1.29 is 18.0 Å². The zero-order valence-corrected chi connectivity index (χ0v) is 18.1. The molecule has 0 radical (unpaired) electrons. The summed E-state index contributed by atoms with van der Waals surface area (Å²) >= 11 is 0. The summed E-state index contributed by atoms with van der Waals surface area (Å²) in [5, 5.41) is 4.88. The number of hydrogen-bond donors (Lipinski definition) is 2.